The average molecular weight is 496 g/mol. The van der Waals surface area contributed by atoms with Gasteiger partial charge in [-0.25, -0.2) is 8.42 Å². The second-order valence-electron chi connectivity index (χ2n) is 7.24. The van der Waals surface area contributed by atoms with Gasteiger partial charge in [-0.05, 0) is 29.8 Å². The molecule has 1 amide bonds. The zero-order valence-corrected chi connectivity index (χ0v) is 18.0. The van der Waals surface area contributed by atoms with Gasteiger partial charge in [0.15, 0.2) is 0 Å². The van der Waals surface area contributed by atoms with Crippen LogP contribution in [-0.4, -0.2) is 65.3 Å². The summed E-state index contributed by atoms with van der Waals surface area (Å²) in [6, 6.07) is 11.3. The number of fused-ring (bicyclic) bond motifs is 1. The highest BCUT2D eigenvalue weighted by atomic mass is 79.9. The number of halogens is 1. The summed E-state index contributed by atoms with van der Waals surface area (Å²) in [5, 5.41) is 20.6. The summed E-state index contributed by atoms with van der Waals surface area (Å²) in [7, 11) is -4.00. The molecule has 2 fully saturated rings. The van der Waals surface area contributed by atoms with Gasteiger partial charge in [0, 0.05) is 29.1 Å². The van der Waals surface area contributed by atoms with Gasteiger partial charge < -0.3 is 10.0 Å². The number of non-ortho nitro benzene ring substituents is 1. The highest BCUT2D eigenvalue weighted by molar-refractivity contribution is 9.10. The van der Waals surface area contributed by atoms with Crippen LogP contribution in [0.2, 0.25) is 0 Å². The Kier molecular flexibility index (Phi) is 5.39. The van der Waals surface area contributed by atoms with Crippen molar-refractivity contribution in [3.8, 4) is 0 Å². The normalized spacial score (nSPS) is 24.3. The van der Waals surface area contributed by atoms with Crippen molar-refractivity contribution >= 4 is 37.5 Å². The van der Waals surface area contributed by atoms with Crippen molar-refractivity contribution in [2.24, 2.45) is 0 Å². The summed E-state index contributed by atoms with van der Waals surface area (Å²) < 4.78 is 28.1. The number of carbonyl (C=O) groups is 1. The lowest BCUT2D eigenvalue weighted by atomic mass is 9.74. The Hall–Kier alpha value is -2.34. The molecule has 2 aromatic rings. The van der Waals surface area contributed by atoms with Crippen molar-refractivity contribution in [2.45, 2.75) is 22.9 Å². The van der Waals surface area contributed by atoms with Gasteiger partial charge in [-0.3, -0.25) is 14.9 Å². The predicted molar refractivity (Wildman–Crippen MR) is 110 cm³/mol. The van der Waals surface area contributed by atoms with E-state index in [9.17, 15) is 28.4 Å². The fourth-order valence-electron chi connectivity index (χ4n) is 4.23. The maximum atomic E-state index is 13.1. The average Bonchev–Trinajstić information content (AvgIpc) is 2.71. The van der Waals surface area contributed by atoms with Crippen molar-refractivity contribution in [3.05, 3.63) is 68.7 Å². The fraction of sp³-hybridized carbons (Fsp3) is 0.316. The van der Waals surface area contributed by atoms with Crippen LogP contribution in [0.5, 0.6) is 0 Å². The number of aliphatic hydroxyl groups excluding tert-OH is 1. The lowest BCUT2D eigenvalue weighted by molar-refractivity contribution is -0.384. The van der Waals surface area contributed by atoms with Crippen LogP contribution in [0, 0.1) is 10.1 Å². The standard InChI is InChI=1S/C19H18BrN3O6S/c20-13-3-1-12(2-4-13)19-16-9-21(10-18(25)22(16)17(19)11-24)30(28,29)15-7-5-14(6-8-15)23(26)27/h1-8,16-17,19,24H,9-11H2/t16-,17-,19+/m0/s1. The minimum atomic E-state index is -4.00. The molecule has 30 heavy (non-hydrogen) atoms. The zero-order valence-electron chi connectivity index (χ0n) is 15.6. The van der Waals surface area contributed by atoms with E-state index in [1.165, 1.54) is 12.1 Å². The Balaban J connectivity index is 1.62. The molecule has 3 atom stereocenters. The number of sulfonamides is 1. The van der Waals surface area contributed by atoms with E-state index in [1.807, 2.05) is 24.3 Å². The van der Waals surface area contributed by atoms with Gasteiger partial charge in [0.25, 0.3) is 5.69 Å². The third-order valence-electron chi connectivity index (χ3n) is 5.66. The molecule has 0 spiro atoms. The number of aliphatic hydroxyl groups is 1. The minimum absolute atomic E-state index is 0.0856. The number of carbonyl (C=O) groups excluding carboxylic acids is 1. The van der Waals surface area contributed by atoms with Crippen molar-refractivity contribution in [1.82, 2.24) is 9.21 Å². The highest BCUT2D eigenvalue weighted by Crippen LogP contribution is 2.43. The van der Waals surface area contributed by atoms with Gasteiger partial charge >= 0.3 is 0 Å². The topological polar surface area (TPSA) is 121 Å². The summed E-state index contributed by atoms with van der Waals surface area (Å²) in [6.07, 6.45) is 0. The van der Waals surface area contributed by atoms with E-state index < -0.39 is 27.0 Å². The number of nitrogens with zero attached hydrogens (tertiary/aromatic N) is 3. The molecule has 2 aromatic carbocycles. The van der Waals surface area contributed by atoms with Gasteiger partial charge in [0.05, 0.1) is 35.1 Å². The summed E-state index contributed by atoms with van der Waals surface area (Å²) in [6.45, 7) is -0.459. The maximum absolute atomic E-state index is 13.1. The molecule has 2 aliphatic heterocycles. The summed E-state index contributed by atoms with van der Waals surface area (Å²) in [5.41, 5.74) is 0.704. The number of rotatable bonds is 5. The van der Waals surface area contributed by atoms with Gasteiger partial charge in [0.1, 0.15) is 0 Å². The summed E-state index contributed by atoms with van der Waals surface area (Å²) in [4.78, 5) is 24.4. The molecule has 11 heteroatoms. The number of hydrogen-bond donors (Lipinski definition) is 1. The molecule has 1 N–H and O–H groups in total. The Morgan fingerprint density at radius 1 is 1.13 bits per heavy atom. The zero-order chi connectivity index (χ0) is 21.6. The Labute approximate surface area is 181 Å². The van der Waals surface area contributed by atoms with Crippen LogP contribution >= 0.6 is 15.9 Å². The first kappa shape index (κ1) is 20.9. The smallest absolute Gasteiger partial charge is 0.269 e. The van der Waals surface area contributed by atoms with Crippen LogP contribution in [0.3, 0.4) is 0 Å². The van der Waals surface area contributed by atoms with Crippen molar-refractivity contribution in [2.75, 3.05) is 19.7 Å². The largest absolute Gasteiger partial charge is 0.394 e. The van der Waals surface area contributed by atoms with Crippen LogP contribution in [0.1, 0.15) is 11.5 Å². The predicted octanol–water partition coefficient (Wildman–Crippen LogP) is 1.72. The van der Waals surface area contributed by atoms with Crippen molar-refractivity contribution < 1.29 is 23.2 Å². The van der Waals surface area contributed by atoms with Gasteiger partial charge in [-0.15, -0.1) is 0 Å². The lowest BCUT2D eigenvalue weighted by Crippen LogP contribution is -2.73. The number of hydrogen-bond acceptors (Lipinski definition) is 6. The van der Waals surface area contributed by atoms with E-state index in [1.54, 1.807) is 4.90 Å². The van der Waals surface area contributed by atoms with Crippen LogP contribution in [0.25, 0.3) is 0 Å². The second kappa shape index (κ2) is 7.73. The van der Waals surface area contributed by atoms with Crippen LogP contribution in [0.15, 0.2) is 57.9 Å². The first-order chi connectivity index (χ1) is 14.2. The summed E-state index contributed by atoms with van der Waals surface area (Å²) in [5.74, 6) is -0.564. The molecule has 2 saturated heterocycles. The van der Waals surface area contributed by atoms with Gasteiger partial charge in [-0.2, -0.15) is 4.31 Å². The van der Waals surface area contributed by atoms with E-state index in [4.69, 9.17) is 0 Å². The highest BCUT2D eigenvalue weighted by Gasteiger charge is 2.55. The Morgan fingerprint density at radius 2 is 1.77 bits per heavy atom. The Morgan fingerprint density at radius 3 is 2.33 bits per heavy atom. The molecule has 2 heterocycles. The molecule has 0 bridgehead atoms. The number of benzene rings is 2. The fourth-order valence-corrected chi connectivity index (χ4v) is 5.90. The molecule has 0 saturated carbocycles. The first-order valence-corrected chi connectivity index (χ1v) is 11.4. The van der Waals surface area contributed by atoms with Crippen LogP contribution in [0.4, 0.5) is 5.69 Å². The second-order valence-corrected chi connectivity index (χ2v) is 10.1. The lowest BCUT2D eigenvalue weighted by Gasteiger charge is -2.58. The monoisotopic (exact) mass is 495 g/mol. The number of amides is 1. The van der Waals surface area contributed by atoms with Crippen LogP contribution < -0.4 is 0 Å². The molecule has 158 valence electrons. The minimum Gasteiger partial charge on any atom is -0.394 e. The van der Waals surface area contributed by atoms with E-state index >= 15 is 0 Å². The molecule has 0 aliphatic carbocycles. The molecular weight excluding hydrogens is 478 g/mol. The van der Waals surface area contributed by atoms with E-state index in [-0.39, 0.29) is 42.1 Å². The SMILES string of the molecule is O=C1CN(S(=O)(=O)c2ccc([N+](=O)[O-])cc2)C[C@H]2[C@@H](c3ccc(Br)cc3)[C@H](CO)N12. The molecule has 4 rings (SSSR count). The first-order valence-electron chi connectivity index (χ1n) is 9.16. The molecule has 0 unspecified atom stereocenters. The van der Waals surface area contributed by atoms with E-state index in [0.717, 1.165) is 26.5 Å². The third-order valence-corrected chi connectivity index (χ3v) is 8.02. The maximum Gasteiger partial charge on any atom is 0.269 e. The van der Waals surface area contributed by atoms with E-state index in [0.29, 0.717) is 0 Å². The van der Waals surface area contributed by atoms with Gasteiger partial charge in [0.2, 0.25) is 15.9 Å². The molecule has 9 nitrogen and oxygen atoms in total. The van der Waals surface area contributed by atoms with Gasteiger partial charge in [-0.1, -0.05) is 28.1 Å². The molecular formula is C19H18BrN3O6S. The quantitative estimate of drug-likeness (QED) is 0.497. The number of piperazine rings is 1. The van der Waals surface area contributed by atoms with Crippen LogP contribution in [-0.2, 0) is 14.8 Å². The number of nitro benzene ring substituents is 1. The van der Waals surface area contributed by atoms with E-state index in [2.05, 4.69) is 15.9 Å². The third kappa shape index (κ3) is 3.41. The molecule has 0 radical (unpaired) electrons. The van der Waals surface area contributed by atoms with Crippen molar-refractivity contribution in [1.29, 1.82) is 0 Å². The Bertz CT molecular complexity index is 1090. The van der Waals surface area contributed by atoms with Crippen molar-refractivity contribution in [3.63, 3.8) is 0 Å². The number of nitro groups is 1. The molecule has 2 aliphatic rings. The summed E-state index contributed by atoms with van der Waals surface area (Å²) >= 11 is 3.38. The molecule has 0 aromatic heterocycles.